The number of piperidine rings is 1. The molecule has 1 fully saturated rings. The van der Waals surface area contributed by atoms with Gasteiger partial charge in [0.15, 0.2) is 0 Å². The van der Waals surface area contributed by atoms with E-state index in [0.29, 0.717) is 6.04 Å². The lowest BCUT2D eigenvalue weighted by Crippen LogP contribution is -2.33. The monoisotopic (exact) mass is 204 g/mol. The third-order valence-electron chi connectivity index (χ3n) is 3.46. The van der Waals surface area contributed by atoms with E-state index in [4.69, 9.17) is 0 Å². The maximum atomic E-state index is 4.26. The molecule has 1 saturated heterocycles. The van der Waals surface area contributed by atoms with Gasteiger partial charge in [-0.1, -0.05) is 13.3 Å². The number of hydrogen-bond donors (Lipinski definition) is 0. The number of aryl methyl sites for hydroxylation is 1. The molecule has 1 unspecified atom stereocenters. The highest BCUT2D eigenvalue weighted by atomic mass is 15.2. The summed E-state index contributed by atoms with van der Waals surface area (Å²) in [4.78, 5) is 6.84. The molecular formula is C13H20N2. The molecule has 1 atom stereocenters. The Morgan fingerprint density at radius 3 is 3.07 bits per heavy atom. The molecule has 0 aliphatic carbocycles. The van der Waals surface area contributed by atoms with Crippen molar-refractivity contribution < 1.29 is 0 Å². The summed E-state index contributed by atoms with van der Waals surface area (Å²) in [6, 6.07) is 2.73. The summed E-state index contributed by atoms with van der Waals surface area (Å²) in [5.41, 5.74) is 2.81. The van der Waals surface area contributed by atoms with Gasteiger partial charge in [-0.15, -0.1) is 0 Å². The highest BCUT2D eigenvalue weighted by Crippen LogP contribution is 2.31. The third kappa shape index (κ3) is 2.20. The molecule has 0 spiro atoms. The summed E-state index contributed by atoms with van der Waals surface area (Å²) in [6.45, 7) is 6.85. The molecule has 2 heterocycles. The maximum absolute atomic E-state index is 4.26. The van der Waals surface area contributed by atoms with Crippen LogP contribution in [0.3, 0.4) is 0 Å². The van der Waals surface area contributed by atoms with Gasteiger partial charge >= 0.3 is 0 Å². The number of hydrogen-bond acceptors (Lipinski definition) is 2. The SMILES string of the molecule is CCN1CCCCC1c1cnccc1C. The van der Waals surface area contributed by atoms with Crippen molar-refractivity contribution in [2.24, 2.45) is 0 Å². The quantitative estimate of drug-likeness (QED) is 0.736. The normalized spacial score (nSPS) is 22.9. The summed E-state index contributed by atoms with van der Waals surface area (Å²) >= 11 is 0. The lowest BCUT2D eigenvalue weighted by atomic mass is 9.94. The Morgan fingerprint density at radius 1 is 1.47 bits per heavy atom. The number of nitrogens with zero attached hydrogens (tertiary/aromatic N) is 2. The predicted molar refractivity (Wildman–Crippen MR) is 62.8 cm³/mol. The summed E-state index contributed by atoms with van der Waals surface area (Å²) < 4.78 is 0. The van der Waals surface area contributed by atoms with Crippen LogP contribution in [0, 0.1) is 6.92 Å². The first-order valence-corrected chi connectivity index (χ1v) is 5.97. The third-order valence-corrected chi connectivity index (χ3v) is 3.46. The van der Waals surface area contributed by atoms with Crippen molar-refractivity contribution in [3.05, 3.63) is 29.6 Å². The molecule has 1 aliphatic heterocycles. The fraction of sp³-hybridized carbons (Fsp3) is 0.615. The van der Waals surface area contributed by atoms with Crippen LogP contribution in [0.4, 0.5) is 0 Å². The van der Waals surface area contributed by atoms with Crippen molar-refractivity contribution in [2.45, 2.75) is 39.2 Å². The first-order valence-electron chi connectivity index (χ1n) is 5.97. The zero-order chi connectivity index (χ0) is 10.7. The van der Waals surface area contributed by atoms with Crippen molar-refractivity contribution in [1.29, 1.82) is 0 Å². The summed E-state index contributed by atoms with van der Waals surface area (Å²) in [5.74, 6) is 0. The lowest BCUT2D eigenvalue weighted by molar-refractivity contribution is 0.156. The molecule has 1 aliphatic rings. The molecule has 0 radical (unpaired) electrons. The van der Waals surface area contributed by atoms with Crippen LogP contribution in [0.1, 0.15) is 43.4 Å². The molecule has 1 aromatic heterocycles. The van der Waals surface area contributed by atoms with Crippen molar-refractivity contribution >= 4 is 0 Å². The predicted octanol–water partition coefficient (Wildman–Crippen LogP) is 2.94. The Morgan fingerprint density at radius 2 is 2.33 bits per heavy atom. The smallest absolute Gasteiger partial charge is 0.0365 e. The van der Waals surface area contributed by atoms with E-state index in [1.165, 1.54) is 36.9 Å². The molecule has 2 nitrogen and oxygen atoms in total. The number of rotatable bonds is 2. The minimum absolute atomic E-state index is 0.609. The number of pyridine rings is 1. The second-order valence-corrected chi connectivity index (χ2v) is 4.37. The Hall–Kier alpha value is -0.890. The molecule has 15 heavy (non-hydrogen) atoms. The Balaban J connectivity index is 2.24. The number of likely N-dealkylation sites (tertiary alicyclic amines) is 1. The van der Waals surface area contributed by atoms with Gasteiger partial charge in [-0.2, -0.15) is 0 Å². The molecule has 0 bridgehead atoms. The number of aromatic nitrogens is 1. The molecule has 2 rings (SSSR count). The fourth-order valence-electron chi connectivity index (χ4n) is 2.55. The topological polar surface area (TPSA) is 16.1 Å². The van der Waals surface area contributed by atoms with E-state index in [-0.39, 0.29) is 0 Å². The molecule has 82 valence electrons. The molecule has 0 aromatic carbocycles. The zero-order valence-electron chi connectivity index (χ0n) is 9.74. The van der Waals surface area contributed by atoms with E-state index in [1.807, 2.05) is 12.4 Å². The minimum Gasteiger partial charge on any atom is -0.297 e. The molecule has 0 amide bonds. The van der Waals surface area contributed by atoms with Crippen molar-refractivity contribution in [1.82, 2.24) is 9.88 Å². The van der Waals surface area contributed by atoms with Gasteiger partial charge in [-0.05, 0) is 50.0 Å². The van der Waals surface area contributed by atoms with Crippen molar-refractivity contribution in [3.8, 4) is 0 Å². The highest BCUT2D eigenvalue weighted by Gasteiger charge is 2.23. The van der Waals surface area contributed by atoms with Gasteiger partial charge in [-0.3, -0.25) is 9.88 Å². The second-order valence-electron chi connectivity index (χ2n) is 4.37. The van der Waals surface area contributed by atoms with Crippen LogP contribution >= 0.6 is 0 Å². The van der Waals surface area contributed by atoms with Gasteiger partial charge in [0.05, 0.1) is 0 Å². The standard InChI is InChI=1S/C13H20N2/c1-3-15-9-5-4-6-13(15)12-10-14-8-7-11(12)2/h7-8,10,13H,3-6,9H2,1-2H3. The van der Waals surface area contributed by atoms with Gasteiger partial charge in [0.1, 0.15) is 0 Å². The Kier molecular flexibility index (Phi) is 3.37. The van der Waals surface area contributed by atoms with E-state index in [9.17, 15) is 0 Å². The van der Waals surface area contributed by atoms with E-state index in [0.717, 1.165) is 6.54 Å². The highest BCUT2D eigenvalue weighted by molar-refractivity contribution is 5.25. The van der Waals surface area contributed by atoms with Crippen LogP contribution < -0.4 is 0 Å². The molecule has 2 heteroatoms. The average Bonchev–Trinajstić information content (AvgIpc) is 2.30. The summed E-state index contributed by atoms with van der Waals surface area (Å²) in [7, 11) is 0. The van der Waals surface area contributed by atoms with Crippen LogP contribution in [0.25, 0.3) is 0 Å². The lowest BCUT2D eigenvalue weighted by Gasteiger charge is -2.35. The van der Waals surface area contributed by atoms with Crippen LogP contribution in [-0.2, 0) is 0 Å². The van der Waals surface area contributed by atoms with Gasteiger partial charge < -0.3 is 0 Å². The second kappa shape index (κ2) is 4.75. The van der Waals surface area contributed by atoms with Crippen LogP contribution in [0.5, 0.6) is 0 Å². The summed E-state index contributed by atoms with van der Waals surface area (Å²) in [5, 5.41) is 0. The van der Waals surface area contributed by atoms with Gasteiger partial charge in [-0.25, -0.2) is 0 Å². The molecular weight excluding hydrogens is 184 g/mol. The van der Waals surface area contributed by atoms with E-state index in [2.05, 4.69) is 29.8 Å². The molecule has 0 saturated carbocycles. The van der Waals surface area contributed by atoms with E-state index in [1.54, 1.807) is 0 Å². The van der Waals surface area contributed by atoms with Crippen LogP contribution in [0.15, 0.2) is 18.5 Å². The first kappa shape index (κ1) is 10.6. The van der Waals surface area contributed by atoms with Crippen molar-refractivity contribution in [3.63, 3.8) is 0 Å². The first-order chi connectivity index (χ1) is 7.33. The zero-order valence-corrected chi connectivity index (χ0v) is 9.74. The van der Waals surface area contributed by atoms with Crippen LogP contribution in [0.2, 0.25) is 0 Å². The molecule has 1 aromatic rings. The molecule has 0 N–H and O–H groups in total. The van der Waals surface area contributed by atoms with Crippen molar-refractivity contribution in [2.75, 3.05) is 13.1 Å². The summed E-state index contributed by atoms with van der Waals surface area (Å²) in [6.07, 6.45) is 7.94. The maximum Gasteiger partial charge on any atom is 0.0365 e. The average molecular weight is 204 g/mol. The van der Waals surface area contributed by atoms with E-state index < -0.39 is 0 Å². The largest absolute Gasteiger partial charge is 0.297 e. The minimum atomic E-state index is 0.609. The fourth-order valence-corrected chi connectivity index (χ4v) is 2.55. The van der Waals surface area contributed by atoms with Crippen LogP contribution in [-0.4, -0.2) is 23.0 Å². The van der Waals surface area contributed by atoms with Gasteiger partial charge in [0.25, 0.3) is 0 Å². The Bertz CT molecular complexity index is 322. The Labute approximate surface area is 92.3 Å². The van der Waals surface area contributed by atoms with Gasteiger partial charge in [0, 0.05) is 18.4 Å². The van der Waals surface area contributed by atoms with E-state index >= 15 is 0 Å². The van der Waals surface area contributed by atoms with Gasteiger partial charge in [0.2, 0.25) is 0 Å².